The zero-order valence-corrected chi connectivity index (χ0v) is 12.9. The van der Waals surface area contributed by atoms with Crippen LogP contribution in [0.3, 0.4) is 0 Å². The van der Waals surface area contributed by atoms with E-state index in [1.807, 2.05) is 6.07 Å². The Kier molecular flexibility index (Phi) is 4.44. The highest BCUT2D eigenvalue weighted by Crippen LogP contribution is 2.32. The molecule has 0 saturated heterocycles. The first-order valence-corrected chi connectivity index (χ1v) is 7.10. The molecule has 0 bridgehead atoms. The summed E-state index contributed by atoms with van der Waals surface area (Å²) in [6.07, 6.45) is 5.38. The lowest BCUT2D eigenvalue weighted by atomic mass is 10.1. The number of carbonyl (C=O) groups is 2. The number of nitrogens with zero attached hydrogens (tertiary/aromatic N) is 2. The van der Waals surface area contributed by atoms with E-state index in [-0.39, 0.29) is 11.7 Å². The number of urea groups is 1. The Labute approximate surface area is 132 Å². The van der Waals surface area contributed by atoms with Crippen LogP contribution < -0.4 is 11.1 Å². The third-order valence-corrected chi connectivity index (χ3v) is 3.78. The fourth-order valence-electron chi connectivity index (χ4n) is 1.65. The van der Waals surface area contributed by atoms with Crippen molar-refractivity contribution < 1.29 is 9.59 Å². The second-order valence-electron chi connectivity index (χ2n) is 4.61. The zero-order valence-electron chi connectivity index (χ0n) is 12.1. The molecule has 0 saturated carbocycles. The third-order valence-electron chi connectivity index (χ3n) is 2.76. The van der Waals surface area contributed by atoms with Crippen LogP contribution in [0.1, 0.15) is 16.1 Å². The summed E-state index contributed by atoms with van der Waals surface area (Å²) in [6.45, 7) is 0. The van der Waals surface area contributed by atoms with E-state index in [0.717, 1.165) is 5.56 Å². The van der Waals surface area contributed by atoms with Crippen molar-refractivity contribution in [2.24, 2.45) is 5.73 Å². The van der Waals surface area contributed by atoms with Gasteiger partial charge in [0.1, 0.15) is 10.0 Å². The third kappa shape index (κ3) is 3.24. The molecule has 0 aliphatic carbocycles. The normalized spacial score (nSPS) is 9.86. The van der Waals surface area contributed by atoms with Crippen LogP contribution in [0.5, 0.6) is 0 Å². The van der Waals surface area contributed by atoms with E-state index in [2.05, 4.69) is 16.2 Å². The molecule has 22 heavy (non-hydrogen) atoms. The van der Waals surface area contributed by atoms with Gasteiger partial charge in [-0.05, 0) is 12.1 Å². The number of hydrogen-bond acceptors (Lipinski definition) is 4. The number of hydrogen-bond donors (Lipinski definition) is 2. The number of aromatic nitrogens is 1. The van der Waals surface area contributed by atoms with Crippen molar-refractivity contribution in [2.45, 2.75) is 0 Å². The van der Waals surface area contributed by atoms with Crippen LogP contribution in [0, 0.1) is 12.3 Å². The molecular weight excluding hydrogens is 300 g/mol. The maximum Gasteiger partial charge on any atom is 0.321 e. The predicted octanol–water partition coefficient (Wildman–Crippen LogP) is 1.98. The summed E-state index contributed by atoms with van der Waals surface area (Å²) in [5.41, 5.74) is 6.81. The lowest BCUT2D eigenvalue weighted by molar-refractivity contribution is 0.0997. The maximum absolute atomic E-state index is 11.7. The summed E-state index contributed by atoms with van der Waals surface area (Å²) in [5.74, 6) is 1.83. The minimum Gasteiger partial charge on any atom is -0.364 e. The summed E-state index contributed by atoms with van der Waals surface area (Å²) in [5, 5.41) is 3.48. The van der Waals surface area contributed by atoms with E-state index < -0.39 is 5.91 Å². The van der Waals surface area contributed by atoms with Gasteiger partial charge in [0.15, 0.2) is 5.69 Å². The monoisotopic (exact) mass is 314 g/mol. The number of nitrogens with two attached hydrogens (primary N) is 1. The van der Waals surface area contributed by atoms with Gasteiger partial charge in [-0.1, -0.05) is 29.4 Å². The molecule has 1 aromatic carbocycles. The molecule has 2 rings (SSSR count). The molecule has 3 amide bonds. The number of anilines is 1. The van der Waals surface area contributed by atoms with Crippen molar-refractivity contribution in [3.05, 3.63) is 35.5 Å². The second-order valence-corrected chi connectivity index (χ2v) is 5.61. The van der Waals surface area contributed by atoms with Crippen LogP contribution in [0.4, 0.5) is 9.80 Å². The largest absolute Gasteiger partial charge is 0.364 e. The number of thiazole rings is 1. The highest BCUT2D eigenvalue weighted by molar-refractivity contribution is 7.19. The fraction of sp³-hybridized carbons (Fsp3) is 0.133. The van der Waals surface area contributed by atoms with Gasteiger partial charge in [0.05, 0.1) is 0 Å². The highest BCUT2D eigenvalue weighted by atomic mass is 32.1. The Morgan fingerprint density at radius 2 is 2.14 bits per heavy atom. The van der Waals surface area contributed by atoms with Crippen LogP contribution in [0.2, 0.25) is 0 Å². The zero-order chi connectivity index (χ0) is 16.3. The molecule has 2 aromatic rings. The first kappa shape index (κ1) is 15.5. The molecule has 0 spiro atoms. The van der Waals surface area contributed by atoms with Crippen molar-refractivity contribution >= 4 is 28.3 Å². The van der Waals surface area contributed by atoms with Gasteiger partial charge in [0.2, 0.25) is 0 Å². The summed E-state index contributed by atoms with van der Waals surface area (Å²) < 4.78 is 0. The molecular formula is C15H14N4O2S. The van der Waals surface area contributed by atoms with Crippen LogP contribution in [0.15, 0.2) is 24.3 Å². The van der Waals surface area contributed by atoms with Crippen molar-refractivity contribution in [2.75, 3.05) is 19.4 Å². The Morgan fingerprint density at radius 1 is 1.41 bits per heavy atom. The quantitative estimate of drug-likeness (QED) is 0.849. The topological polar surface area (TPSA) is 88.3 Å². The molecule has 7 heteroatoms. The fourth-order valence-corrected chi connectivity index (χ4v) is 2.60. The molecule has 0 atom stereocenters. The summed E-state index contributed by atoms with van der Waals surface area (Å²) >= 11 is 1.17. The van der Waals surface area contributed by atoms with Crippen molar-refractivity contribution in [1.29, 1.82) is 0 Å². The highest BCUT2D eigenvalue weighted by Gasteiger charge is 2.19. The number of rotatable bonds is 3. The van der Waals surface area contributed by atoms with Gasteiger partial charge >= 0.3 is 6.03 Å². The minimum atomic E-state index is -0.704. The van der Waals surface area contributed by atoms with Crippen molar-refractivity contribution in [3.63, 3.8) is 0 Å². The number of benzene rings is 1. The van der Waals surface area contributed by atoms with E-state index in [4.69, 9.17) is 12.2 Å². The molecule has 0 fully saturated rings. The molecule has 0 unspecified atom stereocenters. The van der Waals surface area contributed by atoms with Gasteiger partial charge in [0, 0.05) is 25.2 Å². The van der Waals surface area contributed by atoms with E-state index >= 15 is 0 Å². The van der Waals surface area contributed by atoms with Crippen LogP contribution in [-0.4, -0.2) is 35.9 Å². The molecule has 0 radical (unpaired) electrons. The summed E-state index contributed by atoms with van der Waals surface area (Å²) in [4.78, 5) is 28.8. The lowest BCUT2D eigenvalue weighted by Crippen LogP contribution is -2.28. The predicted molar refractivity (Wildman–Crippen MR) is 86.7 cm³/mol. The van der Waals surface area contributed by atoms with E-state index in [0.29, 0.717) is 15.6 Å². The Morgan fingerprint density at radius 3 is 2.73 bits per heavy atom. The molecule has 0 aliphatic heterocycles. The molecule has 1 heterocycles. The van der Waals surface area contributed by atoms with E-state index in [1.54, 1.807) is 32.3 Å². The average Bonchev–Trinajstić information content (AvgIpc) is 2.91. The number of primary amides is 1. The van der Waals surface area contributed by atoms with E-state index in [9.17, 15) is 9.59 Å². The molecule has 112 valence electrons. The Hall–Kier alpha value is -2.85. The van der Waals surface area contributed by atoms with Crippen LogP contribution >= 0.6 is 11.3 Å². The average molecular weight is 314 g/mol. The molecule has 0 aliphatic rings. The van der Waals surface area contributed by atoms with Crippen LogP contribution in [-0.2, 0) is 0 Å². The van der Waals surface area contributed by atoms with Gasteiger partial charge in [-0.15, -0.1) is 6.42 Å². The smallest absolute Gasteiger partial charge is 0.321 e. The number of terminal acetylenes is 1. The minimum absolute atomic E-state index is 0.0290. The van der Waals surface area contributed by atoms with Gasteiger partial charge in [-0.2, -0.15) is 0 Å². The van der Waals surface area contributed by atoms with Crippen molar-refractivity contribution in [1.82, 2.24) is 9.88 Å². The first-order valence-electron chi connectivity index (χ1n) is 6.28. The Balaban J connectivity index is 2.44. The maximum atomic E-state index is 11.7. The first-order chi connectivity index (χ1) is 10.4. The van der Waals surface area contributed by atoms with Gasteiger partial charge < -0.3 is 10.6 Å². The van der Waals surface area contributed by atoms with Crippen LogP contribution in [0.25, 0.3) is 10.6 Å². The number of amides is 3. The van der Waals surface area contributed by atoms with Crippen molar-refractivity contribution in [3.8, 4) is 22.9 Å². The lowest BCUT2D eigenvalue weighted by Gasteiger charge is -2.10. The number of nitrogens with one attached hydrogen (secondary N) is 1. The Bertz CT molecular complexity index is 774. The van der Waals surface area contributed by atoms with Gasteiger partial charge in [-0.3, -0.25) is 10.1 Å². The number of carbonyl (C=O) groups excluding carboxylic acids is 2. The standard InChI is InChI=1S/C15H14N4O2S/c1-4-9-6-5-7-10(8-9)13-17-11(12(16)20)14(22-13)18-15(21)19(2)3/h1,5-8H,2-3H3,(H2,16,20)(H,18,21). The van der Waals surface area contributed by atoms with E-state index in [1.165, 1.54) is 16.2 Å². The second kappa shape index (κ2) is 6.28. The SMILES string of the molecule is C#Cc1cccc(-c2nc(C(N)=O)c(NC(=O)N(C)C)s2)c1. The van der Waals surface area contributed by atoms with Gasteiger partial charge in [-0.25, -0.2) is 9.78 Å². The molecule has 6 nitrogen and oxygen atoms in total. The van der Waals surface area contributed by atoms with Gasteiger partial charge in [0.25, 0.3) is 5.91 Å². The molecule has 1 aromatic heterocycles. The molecule has 3 N–H and O–H groups in total. The summed E-state index contributed by atoms with van der Waals surface area (Å²) in [6, 6.07) is 6.83. The summed E-state index contributed by atoms with van der Waals surface area (Å²) in [7, 11) is 3.19.